The second kappa shape index (κ2) is 12.7. The van der Waals surface area contributed by atoms with Crippen LogP contribution >= 0.6 is 0 Å². The second-order valence-electron chi connectivity index (χ2n) is 7.36. The summed E-state index contributed by atoms with van der Waals surface area (Å²) in [7, 11) is 0. The Morgan fingerprint density at radius 2 is 1.86 bits per heavy atom. The third-order valence-corrected chi connectivity index (χ3v) is 4.31. The molecule has 0 fully saturated rings. The minimum absolute atomic E-state index is 0.0478. The molecule has 9 nitrogen and oxygen atoms in total. The highest BCUT2D eigenvalue weighted by molar-refractivity contribution is 5.85. The molecule has 0 radical (unpaired) electrons. The van der Waals surface area contributed by atoms with Gasteiger partial charge in [-0.2, -0.15) is 0 Å². The molecular formula is C20H31N3O6. The Kier molecular flexibility index (Phi) is 10.7. The number of aliphatic hydroxyl groups is 1. The highest BCUT2D eigenvalue weighted by atomic mass is 16.6. The van der Waals surface area contributed by atoms with Crippen LogP contribution in [0.3, 0.4) is 0 Å². The minimum Gasteiger partial charge on any atom is -0.445 e. The third kappa shape index (κ3) is 9.38. The molecule has 0 heterocycles. The molecule has 9 heteroatoms. The van der Waals surface area contributed by atoms with Crippen molar-refractivity contribution in [3.63, 3.8) is 0 Å². The normalized spacial score (nSPS) is 12.9. The molecular weight excluding hydrogens is 378 g/mol. The van der Waals surface area contributed by atoms with Crippen LogP contribution in [0.15, 0.2) is 24.3 Å². The predicted molar refractivity (Wildman–Crippen MR) is 108 cm³/mol. The number of nitro groups is 1. The number of nitrogens with zero attached hydrogens (tertiary/aromatic N) is 1. The highest BCUT2D eigenvalue weighted by Crippen LogP contribution is 2.13. The molecule has 0 unspecified atom stereocenters. The van der Waals surface area contributed by atoms with Crippen LogP contribution in [0.4, 0.5) is 10.5 Å². The quantitative estimate of drug-likeness (QED) is 0.359. The maximum atomic E-state index is 12.6. The van der Waals surface area contributed by atoms with Crippen LogP contribution in [0, 0.1) is 16.0 Å². The third-order valence-electron chi connectivity index (χ3n) is 4.31. The van der Waals surface area contributed by atoms with Gasteiger partial charge in [-0.15, -0.1) is 0 Å². The summed E-state index contributed by atoms with van der Waals surface area (Å²) in [5.74, 6) is -0.204. The Morgan fingerprint density at radius 3 is 2.38 bits per heavy atom. The number of amides is 2. The van der Waals surface area contributed by atoms with E-state index >= 15 is 0 Å². The number of non-ortho nitro benzene ring substituents is 1. The van der Waals surface area contributed by atoms with Crippen molar-refractivity contribution >= 4 is 17.7 Å². The summed E-state index contributed by atoms with van der Waals surface area (Å²) in [6, 6.07) is 4.53. The summed E-state index contributed by atoms with van der Waals surface area (Å²) in [6.07, 6.45) is 2.17. The molecule has 0 aliphatic rings. The van der Waals surface area contributed by atoms with Crippen molar-refractivity contribution in [1.29, 1.82) is 0 Å². The van der Waals surface area contributed by atoms with E-state index in [9.17, 15) is 24.8 Å². The summed E-state index contributed by atoms with van der Waals surface area (Å²) in [4.78, 5) is 34.9. The lowest BCUT2D eigenvalue weighted by molar-refractivity contribution is -0.384. The molecule has 0 aliphatic heterocycles. The molecule has 0 saturated heterocycles. The Balaban J connectivity index is 2.62. The number of ether oxygens (including phenoxy) is 1. The van der Waals surface area contributed by atoms with Crippen LogP contribution in [0.2, 0.25) is 0 Å². The average Bonchev–Trinajstić information content (AvgIpc) is 2.68. The van der Waals surface area contributed by atoms with Gasteiger partial charge >= 0.3 is 6.09 Å². The van der Waals surface area contributed by atoms with Gasteiger partial charge in [0.25, 0.3) is 5.69 Å². The monoisotopic (exact) mass is 409 g/mol. The van der Waals surface area contributed by atoms with Crippen LogP contribution in [0.5, 0.6) is 0 Å². The van der Waals surface area contributed by atoms with Crippen LogP contribution in [-0.4, -0.2) is 40.7 Å². The van der Waals surface area contributed by atoms with E-state index in [4.69, 9.17) is 4.74 Å². The van der Waals surface area contributed by atoms with Crippen LogP contribution in [-0.2, 0) is 16.1 Å². The topological polar surface area (TPSA) is 131 Å². The number of alkyl carbamates (subject to hydrolysis) is 1. The van der Waals surface area contributed by atoms with E-state index in [0.29, 0.717) is 18.4 Å². The Morgan fingerprint density at radius 1 is 1.21 bits per heavy atom. The maximum absolute atomic E-state index is 12.6. The van der Waals surface area contributed by atoms with Gasteiger partial charge in [0.05, 0.1) is 17.6 Å². The summed E-state index contributed by atoms with van der Waals surface area (Å²) in [6.45, 7) is 5.66. The fourth-order valence-corrected chi connectivity index (χ4v) is 2.71. The summed E-state index contributed by atoms with van der Waals surface area (Å²) in [5.41, 5.74) is 0.545. The van der Waals surface area contributed by atoms with Crippen molar-refractivity contribution in [2.45, 2.75) is 65.1 Å². The number of rotatable bonds is 12. The Hall–Kier alpha value is -2.68. The van der Waals surface area contributed by atoms with Crippen molar-refractivity contribution in [3.05, 3.63) is 39.9 Å². The van der Waals surface area contributed by atoms with Gasteiger partial charge in [-0.1, -0.05) is 33.6 Å². The van der Waals surface area contributed by atoms with E-state index in [1.54, 1.807) is 0 Å². The lowest BCUT2D eigenvalue weighted by Gasteiger charge is -2.23. The van der Waals surface area contributed by atoms with Gasteiger partial charge in [0, 0.05) is 12.1 Å². The minimum atomic E-state index is -0.782. The zero-order valence-electron chi connectivity index (χ0n) is 17.2. The Labute approximate surface area is 171 Å². The maximum Gasteiger partial charge on any atom is 0.408 e. The fourth-order valence-electron chi connectivity index (χ4n) is 2.71. The summed E-state index contributed by atoms with van der Waals surface area (Å²) < 4.78 is 5.14. The first-order chi connectivity index (χ1) is 13.8. The average molecular weight is 409 g/mol. The number of carbonyl (C=O) groups is 2. The van der Waals surface area contributed by atoms with Gasteiger partial charge in [0.15, 0.2) is 0 Å². The molecule has 1 aromatic rings. The van der Waals surface area contributed by atoms with E-state index in [1.807, 2.05) is 20.8 Å². The van der Waals surface area contributed by atoms with Crippen LogP contribution in [0.25, 0.3) is 0 Å². The van der Waals surface area contributed by atoms with Gasteiger partial charge in [-0.3, -0.25) is 14.9 Å². The number of hydrogen-bond donors (Lipinski definition) is 3. The lowest BCUT2D eigenvalue weighted by Crippen LogP contribution is -2.51. The molecule has 3 N–H and O–H groups in total. The largest absolute Gasteiger partial charge is 0.445 e. The van der Waals surface area contributed by atoms with E-state index in [0.717, 1.165) is 12.8 Å². The predicted octanol–water partition coefficient (Wildman–Crippen LogP) is 2.90. The van der Waals surface area contributed by atoms with E-state index in [1.165, 1.54) is 24.3 Å². The first-order valence-corrected chi connectivity index (χ1v) is 9.84. The molecule has 0 bridgehead atoms. The van der Waals surface area contributed by atoms with Gasteiger partial charge in [0.1, 0.15) is 12.6 Å². The SMILES string of the molecule is CCCC[C@@H](CO)NC(=O)[C@H](CC(C)C)NC(=O)OCc1ccc([N+](=O)[O-])cc1. The summed E-state index contributed by atoms with van der Waals surface area (Å²) in [5, 5.41) is 25.5. The molecule has 29 heavy (non-hydrogen) atoms. The van der Waals surface area contributed by atoms with Crippen LogP contribution < -0.4 is 10.6 Å². The molecule has 0 saturated carbocycles. The van der Waals surface area contributed by atoms with E-state index < -0.39 is 17.1 Å². The molecule has 0 spiro atoms. The van der Waals surface area contributed by atoms with Gasteiger partial charge in [-0.05, 0) is 36.5 Å². The van der Waals surface area contributed by atoms with Crippen molar-refractivity contribution in [1.82, 2.24) is 10.6 Å². The Bertz CT molecular complexity index is 663. The van der Waals surface area contributed by atoms with Crippen molar-refractivity contribution < 1.29 is 24.4 Å². The molecule has 1 aromatic carbocycles. The van der Waals surface area contributed by atoms with Crippen LogP contribution in [0.1, 0.15) is 52.0 Å². The van der Waals surface area contributed by atoms with E-state index in [-0.39, 0.29) is 36.8 Å². The molecule has 2 amide bonds. The fraction of sp³-hybridized carbons (Fsp3) is 0.600. The number of benzene rings is 1. The molecule has 2 atom stereocenters. The molecule has 0 aromatic heterocycles. The zero-order valence-corrected chi connectivity index (χ0v) is 17.2. The van der Waals surface area contributed by atoms with Crippen molar-refractivity contribution in [2.24, 2.45) is 5.92 Å². The number of aliphatic hydroxyl groups excluding tert-OH is 1. The molecule has 162 valence electrons. The number of nitrogens with one attached hydrogen (secondary N) is 2. The van der Waals surface area contributed by atoms with Gasteiger partial charge in [0.2, 0.25) is 5.91 Å². The lowest BCUT2D eigenvalue weighted by atomic mass is 10.0. The van der Waals surface area contributed by atoms with Gasteiger partial charge < -0.3 is 20.5 Å². The number of unbranched alkanes of at least 4 members (excludes halogenated alkanes) is 1. The standard InChI is InChI=1S/C20H31N3O6/c1-4-5-6-16(12-24)21-19(25)18(11-14(2)3)22-20(26)29-13-15-7-9-17(10-8-15)23(27)28/h7-10,14,16,18,24H,4-6,11-13H2,1-3H3,(H,21,25)(H,22,26)/t16-,18-/m0/s1. The number of hydrogen-bond acceptors (Lipinski definition) is 6. The zero-order chi connectivity index (χ0) is 21.8. The second-order valence-corrected chi connectivity index (χ2v) is 7.36. The highest BCUT2D eigenvalue weighted by Gasteiger charge is 2.24. The number of nitro benzene ring substituents is 1. The van der Waals surface area contributed by atoms with E-state index in [2.05, 4.69) is 10.6 Å². The van der Waals surface area contributed by atoms with Gasteiger partial charge in [-0.25, -0.2) is 4.79 Å². The number of carbonyl (C=O) groups excluding carboxylic acids is 2. The van der Waals surface area contributed by atoms with Crippen molar-refractivity contribution in [2.75, 3.05) is 6.61 Å². The first-order valence-electron chi connectivity index (χ1n) is 9.84. The summed E-state index contributed by atoms with van der Waals surface area (Å²) >= 11 is 0. The van der Waals surface area contributed by atoms with Crippen molar-refractivity contribution in [3.8, 4) is 0 Å². The molecule has 1 rings (SSSR count). The first kappa shape index (κ1) is 24.4. The smallest absolute Gasteiger partial charge is 0.408 e. The molecule has 0 aliphatic carbocycles.